The number of nitrogens with one attached hydrogen (secondary N) is 1. The Kier molecular flexibility index (Phi) is 4.97. The molecule has 0 bridgehead atoms. The number of hydrogen-bond donors (Lipinski definition) is 1. The molecule has 16 heavy (non-hydrogen) atoms. The number of rotatable bonds is 6. The van der Waals surface area contributed by atoms with Crippen LogP contribution in [-0.4, -0.2) is 18.9 Å². The summed E-state index contributed by atoms with van der Waals surface area (Å²) in [7, 11) is 0. The Morgan fingerprint density at radius 3 is 2.44 bits per heavy atom. The van der Waals surface area contributed by atoms with E-state index in [1.165, 1.54) is 6.42 Å². The molecule has 1 fully saturated rings. The molecule has 1 N–H and O–H groups in total. The maximum atomic E-state index is 12.4. The fourth-order valence-electron chi connectivity index (χ4n) is 2.68. The van der Waals surface area contributed by atoms with Crippen molar-refractivity contribution < 1.29 is 4.79 Å². The fourth-order valence-corrected chi connectivity index (χ4v) is 2.68. The van der Waals surface area contributed by atoms with Gasteiger partial charge in [-0.2, -0.15) is 0 Å². The molecule has 0 saturated carbocycles. The Morgan fingerprint density at radius 1 is 1.31 bits per heavy atom. The molecule has 1 saturated heterocycles. The lowest BCUT2D eigenvalue weighted by molar-refractivity contribution is -0.130. The average molecular weight is 225 g/mol. The number of carbonyl (C=O) groups excluding carboxylic acids is 1. The minimum Gasteiger partial charge on any atom is -0.316 e. The number of hydrogen-bond acceptors (Lipinski definition) is 2. The van der Waals surface area contributed by atoms with Crippen LogP contribution in [0.25, 0.3) is 0 Å². The molecule has 0 aliphatic carbocycles. The smallest absolute Gasteiger partial charge is 0.140 e. The first kappa shape index (κ1) is 13.7. The van der Waals surface area contributed by atoms with E-state index >= 15 is 0 Å². The number of carbonyl (C=O) groups is 1. The highest BCUT2D eigenvalue weighted by Crippen LogP contribution is 2.36. The van der Waals surface area contributed by atoms with Gasteiger partial charge in [0.25, 0.3) is 0 Å². The van der Waals surface area contributed by atoms with Crippen LogP contribution in [0.4, 0.5) is 0 Å². The molecule has 2 heteroatoms. The summed E-state index contributed by atoms with van der Waals surface area (Å²) < 4.78 is 0. The zero-order valence-electron chi connectivity index (χ0n) is 11.3. The monoisotopic (exact) mass is 225 g/mol. The summed E-state index contributed by atoms with van der Waals surface area (Å²) in [6, 6.07) is 0. The van der Waals surface area contributed by atoms with Crippen LogP contribution in [0.15, 0.2) is 0 Å². The van der Waals surface area contributed by atoms with Crippen LogP contribution in [0, 0.1) is 17.3 Å². The first-order valence-electron chi connectivity index (χ1n) is 6.73. The van der Waals surface area contributed by atoms with E-state index in [0.717, 1.165) is 32.4 Å². The van der Waals surface area contributed by atoms with Gasteiger partial charge in [-0.25, -0.2) is 0 Å². The molecule has 1 heterocycles. The minimum atomic E-state index is -0.0586. The highest BCUT2D eigenvalue weighted by atomic mass is 16.1. The largest absolute Gasteiger partial charge is 0.316 e. The Labute approximate surface area is 100 Å². The van der Waals surface area contributed by atoms with Crippen molar-refractivity contribution in [2.75, 3.05) is 13.1 Å². The van der Waals surface area contributed by atoms with Gasteiger partial charge in [-0.15, -0.1) is 0 Å². The normalized spacial score (nSPS) is 25.6. The van der Waals surface area contributed by atoms with Gasteiger partial charge in [0.05, 0.1) is 0 Å². The van der Waals surface area contributed by atoms with Gasteiger partial charge in [-0.3, -0.25) is 4.79 Å². The third-order valence-electron chi connectivity index (χ3n) is 4.03. The first-order chi connectivity index (χ1) is 7.49. The molecule has 0 radical (unpaired) electrons. The highest BCUT2D eigenvalue weighted by Gasteiger charge is 2.42. The Balaban J connectivity index is 2.49. The lowest BCUT2D eigenvalue weighted by atomic mass is 9.71. The molecule has 0 spiro atoms. The van der Waals surface area contributed by atoms with Crippen LogP contribution in [0.1, 0.15) is 53.4 Å². The highest BCUT2D eigenvalue weighted by molar-refractivity contribution is 5.85. The molecule has 1 rings (SSSR count). The molecule has 0 aromatic carbocycles. The van der Waals surface area contributed by atoms with Crippen molar-refractivity contribution in [3.8, 4) is 0 Å². The third kappa shape index (κ3) is 3.07. The molecular weight excluding hydrogens is 198 g/mol. The quantitative estimate of drug-likeness (QED) is 0.753. The van der Waals surface area contributed by atoms with Crippen LogP contribution in [-0.2, 0) is 4.79 Å². The van der Waals surface area contributed by atoms with E-state index in [1.54, 1.807) is 0 Å². The van der Waals surface area contributed by atoms with E-state index in [0.29, 0.717) is 17.6 Å². The van der Waals surface area contributed by atoms with E-state index in [1.807, 2.05) is 0 Å². The Morgan fingerprint density at radius 2 is 2.00 bits per heavy atom. The standard InChI is InChI=1S/C14H27NO/c1-11(2)6-5-7-13(16)14(12(3)4)8-9-15-10-14/h11-12,15H,5-10H2,1-4H3. The van der Waals surface area contributed by atoms with Gasteiger partial charge in [-0.1, -0.05) is 34.1 Å². The molecule has 0 aromatic rings. The predicted molar refractivity (Wildman–Crippen MR) is 68.5 cm³/mol. The molecule has 94 valence electrons. The summed E-state index contributed by atoms with van der Waals surface area (Å²) in [5, 5.41) is 3.35. The zero-order chi connectivity index (χ0) is 12.2. The topological polar surface area (TPSA) is 29.1 Å². The summed E-state index contributed by atoms with van der Waals surface area (Å²) in [4.78, 5) is 12.4. The summed E-state index contributed by atoms with van der Waals surface area (Å²) in [6.45, 7) is 10.7. The van der Waals surface area contributed by atoms with Gasteiger partial charge < -0.3 is 5.32 Å². The lowest BCUT2D eigenvalue weighted by Crippen LogP contribution is -2.38. The molecule has 1 aliphatic heterocycles. The van der Waals surface area contributed by atoms with Crippen molar-refractivity contribution in [3.63, 3.8) is 0 Å². The molecule has 1 unspecified atom stereocenters. The summed E-state index contributed by atoms with van der Waals surface area (Å²) in [6.07, 6.45) is 4.04. The average Bonchev–Trinajstić information content (AvgIpc) is 2.66. The van der Waals surface area contributed by atoms with Crippen molar-refractivity contribution in [3.05, 3.63) is 0 Å². The van der Waals surface area contributed by atoms with E-state index < -0.39 is 0 Å². The van der Waals surface area contributed by atoms with Crippen molar-refractivity contribution in [2.45, 2.75) is 53.4 Å². The second kappa shape index (κ2) is 5.81. The van der Waals surface area contributed by atoms with Crippen LogP contribution in [0.5, 0.6) is 0 Å². The van der Waals surface area contributed by atoms with Gasteiger partial charge in [0.15, 0.2) is 0 Å². The molecule has 0 amide bonds. The van der Waals surface area contributed by atoms with Crippen LogP contribution < -0.4 is 5.32 Å². The zero-order valence-corrected chi connectivity index (χ0v) is 11.3. The molecule has 1 atom stereocenters. The van der Waals surface area contributed by atoms with Gasteiger partial charge >= 0.3 is 0 Å². The van der Waals surface area contributed by atoms with Gasteiger partial charge in [0.1, 0.15) is 5.78 Å². The van der Waals surface area contributed by atoms with Crippen molar-refractivity contribution in [1.82, 2.24) is 5.32 Å². The lowest BCUT2D eigenvalue weighted by Gasteiger charge is -2.31. The maximum Gasteiger partial charge on any atom is 0.140 e. The van der Waals surface area contributed by atoms with Gasteiger partial charge in [-0.05, 0) is 31.2 Å². The van der Waals surface area contributed by atoms with E-state index in [-0.39, 0.29) is 5.41 Å². The predicted octanol–water partition coefficient (Wildman–Crippen LogP) is 3.02. The molecule has 2 nitrogen and oxygen atoms in total. The van der Waals surface area contributed by atoms with Crippen LogP contribution in [0.2, 0.25) is 0 Å². The number of Topliss-reactive ketones (excluding diaryl/α,β-unsaturated/α-hetero) is 1. The molecule has 0 aromatic heterocycles. The van der Waals surface area contributed by atoms with Crippen LogP contribution >= 0.6 is 0 Å². The second-order valence-corrected chi connectivity index (χ2v) is 5.95. The van der Waals surface area contributed by atoms with Gasteiger partial charge in [0.2, 0.25) is 0 Å². The Bertz CT molecular complexity index is 227. The minimum absolute atomic E-state index is 0.0586. The van der Waals surface area contributed by atoms with E-state index in [2.05, 4.69) is 33.0 Å². The van der Waals surface area contributed by atoms with Gasteiger partial charge in [0, 0.05) is 18.4 Å². The van der Waals surface area contributed by atoms with Crippen molar-refractivity contribution >= 4 is 5.78 Å². The SMILES string of the molecule is CC(C)CCCC(=O)C1(C(C)C)CCNC1. The number of ketones is 1. The second-order valence-electron chi connectivity index (χ2n) is 5.95. The van der Waals surface area contributed by atoms with Crippen molar-refractivity contribution in [1.29, 1.82) is 0 Å². The summed E-state index contributed by atoms with van der Waals surface area (Å²) in [5.74, 6) is 1.67. The summed E-state index contributed by atoms with van der Waals surface area (Å²) in [5.41, 5.74) is -0.0586. The summed E-state index contributed by atoms with van der Waals surface area (Å²) >= 11 is 0. The fraction of sp³-hybridized carbons (Fsp3) is 0.929. The Hall–Kier alpha value is -0.370. The van der Waals surface area contributed by atoms with Crippen LogP contribution in [0.3, 0.4) is 0 Å². The first-order valence-corrected chi connectivity index (χ1v) is 6.73. The van der Waals surface area contributed by atoms with Crippen molar-refractivity contribution in [2.24, 2.45) is 17.3 Å². The van der Waals surface area contributed by atoms with E-state index in [9.17, 15) is 4.79 Å². The third-order valence-corrected chi connectivity index (χ3v) is 4.03. The maximum absolute atomic E-state index is 12.4. The van der Waals surface area contributed by atoms with E-state index in [4.69, 9.17) is 0 Å². The molecule has 1 aliphatic rings. The molecular formula is C14H27NO.